The Morgan fingerprint density at radius 3 is 2.72 bits per heavy atom. The Labute approximate surface area is 151 Å². The van der Waals surface area contributed by atoms with Crippen LogP contribution in [0.15, 0.2) is 6.07 Å². The number of rotatable bonds is 5. The van der Waals surface area contributed by atoms with E-state index in [-0.39, 0.29) is 11.3 Å². The minimum atomic E-state index is -0.373. The van der Waals surface area contributed by atoms with Crippen molar-refractivity contribution in [3.8, 4) is 0 Å². The molecule has 0 bridgehead atoms. The molecule has 1 aromatic rings. The lowest BCUT2D eigenvalue weighted by molar-refractivity contribution is -0.124. The minimum absolute atomic E-state index is 0.0515. The van der Waals surface area contributed by atoms with Crippen LogP contribution in [0.25, 0.3) is 0 Å². The number of aromatic nitrogens is 1. The fourth-order valence-electron chi connectivity index (χ4n) is 3.44. The maximum Gasteiger partial charge on any atom is 0.231 e. The van der Waals surface area contributed by atoms with Crippen LogP contribution in [0.2, 0.25) is 0 Å². The number of carbonyl (C=O) groups excluding carboxylic acids is 1. The van der Waals surface area contributed by atoms with E-state index in [2.05, 4.69) is 16.3 Å². The van der Waals surface area contributed by atoms with Gasteiger partial charge in [-0.25, -0.2) is 4.98 Å². The Morgan fingerprint density at radius 2 is 2.00 bits per heavy atom. The van der Waals surface area contributed by atoms with Gasteiger partial charge in [0.2, 0.25) is 5.91 Å². The van der Waals surface area contributed by atoms with Gasteiger partial charge >= 0.3 is 0 Å². The predicted molar refractivity (Wildman–Crippen MR) is 99.7 cm³/mol. The molecule has 138 valence electrons. The molecule has 1 amide bonds. The van der Waals surface area contributed by atoms with Crippen LogP contribution in [0.3, 0.4) is 0 Å². The van der Waals surface area contributed by atoms with Crippen molar-refractivity contribution < 1.29 is 9.53 Å². The average Bonchev–Trinajstić information content (AvgIpc) is 2.62. The Bertz CT molecular complexity index is 622. The molecular formula is C20H31N3O2. The number of aryl methyl sites for hydroxylation is 1. The standard InChI is InChI=1S/C20H31N3O2/c1-4-20(2,3)19(24)22-18-13-15(14-23-9-11-25-12-10-23)16-7-5-6-8-17(16)21-18/h13H,4-12,14H2,1-3H3,(H,21,22,24). The van der Waals surface area contributed by atoms with Crippen LogP contribution in [0.5, 0.6) is 0 Å². The van der Waals surface area contributed by atoms with Gasteiger partial charge in [0.15, 0.2) is 0 Å². The number of pyridine rings is 1. The molecule has 1 fully saturated rings. The van der Waals surface area contributed by atoms with E-state index >= 15 is 0 Å². The van der Waals surface area contributed by atoms with E-state index < -0.39 is 0 Å². The van der Waals surface area contributed by atoms with Gasteiger partial charge in [-0.15, -0.1) is 0 Å². The highest BCUT2D eigenvalue weighted by molar-refractivity contribution is 5.94. The second-order valence-corrected chi connectivity index (χ2v) is 7.88. The number of anilines is 1. The van der Waals surface area contributed by atoms with Gasteiger partial charge in [-0.3, -0.25) is 9.69 Å². The van der Waals surface area contributed by atoms with Crippen molar-refractivity contribution in [3.63, 3.8) is 0 Å². The normalized spacial score (nSPS) is 18.7. The molecule has 2 heterocycles. The van der Waals surface area contributed by atoms with Crippen molar-refractivity contribution in [2.75, 3.05) is 31.6 Å². The summed E-state index contributed by atoms with van der Waals surface area (Å²) in [5.41, 5.74) is 3.55. The summed E-state index contributed by atoms with van der Waals surface area (Å²) in [6.45, 7) is 10.5. The summed E-state index contributed by atoms with van der Waals surface area (Å²) in [6.07, 6.45) is 5.36. The van der Waals surface area contributed by atoms with Gasteiger partial charge in [-0.1, -0.05) is 20.8 Å². The molecule has 1 N–H and O–H groups in total. The third-order valence-electron chi connectivity index (χ3n) is 5.63. The van der Waals surface area contributed by atoms with Gasteiger partial charge in [0.25, 0.3) is 0 Å². The molecule has 5 heteroatoms. The summed E-state index contributed by atoms with van der Waals surface area (Å²) < 4.78 is 5.47. The Hall–Kier alpha value is -1.46. The first kappa shape index (κ1) is 18.3. The molecule has 1 aliphatic carbocycles. The molecule has 0 atom stereocenters. The number of hydrogen-bond acceptors (Lipinski definition) is 4. The van der Waals surface area contributed by atoms with Crippen molar-refractivity contribution in [1.82, 2.24) is 9.88 Å². The summed E-state index contributed by atoms with van der Waals surface area (Å²) in [5, 5.41) is 3.07. The molecule has 1 saturated heterocycles. The SMILES string of the molecule is CCC(C)(C)C(=O)Nc1cc(CN2CCOCC2)c2c(n1)CCCC2. The topological polar surface area (TPSA) is 54.5 Å². The number of fused-ring (bicyclic) bond motifs is 1. The average molecular weight is 345 g/mol. The third-order valence-corrected chi connectivity index (χ3v) is 5.63. The van der Waals surface area contributed by atoms with E-state index in [1.165, 1.54) is 29.7 Å². The molecule has 25 heavy (non-hydrogen) atoms. The van der Waals surface area contributed by atoms with Crippen molar-refractivity contribution in [3.05, 3.63) is 22.9 Å². The predicted octanol–water partition coefficient (Wildman–Crippen LogP) is 3.17. The highest BCUT2D eigenvalue weighted by atomic mass is 16.5. The van der Waals surface area contributed by atoms with Crippen molar-refractivity contribution in [1.29, 1.82) is 0 Å². The van der Waals surface area contributed by atoms with Crippen LogP contribution >= 0.6 is 0 Å². The fraction of sp³-hybridized carbons (Fsp3) is 0.700. The lowest BCUT2D eigenvalue weighted by atomic mass is 9.89. The molecule has 0 spiro atoms. The number of amides is 1. The van der Waals surface area contributed by atoms with Crippen molar-refractivity contribution in [2.45, 2.75) is 59.4 Å². The van der Waals surface area contributed by atoms with E-state index in [1.54, 1.807) is 0 Å². The zero-order valence-electron chi connectivity index (χ0n) is 15.9. The van der Waals surface area contributed by atoms with Gasteiger partial charge in [-0.05, 0) is 49.3 Å². The summed E-state index contributed by atoms with van der Waals surface area (Å²) in [5.74, 6) is 0.769. The minimum Gasteiger partial charge on any atom is -0.379 e. The van der Waals surface area contributed by atoms with Crippen LogP contribution in [-0.4, -0.2) is 42.1 Å². The zero-order valence-corrected chi connectivity index (χ0v) is 15.9. The van der Waals surface area contributed by atoms with E-state index in [4.69, 9.17) is 9.72 Å². The number of hydrogen-bond donors (Lipinski definition) is 1. The van der Waals surface area contributed by atoms with Crippen LogP contribution in [0.4, 0.5) is 5.82 Å². The van der Waals surface area contributed by atoms with Gasteiger partial charge < -0.3 is 10.1 Å². The lowest BCUT2D eigenvalue weighted by Gasteiger charge is -2.29. The number of nitrogens with zero attached hydrogens (tertiary/aromatic N) is 2. The van der Waals surface area contributed by atoms with E-state index in [9.17, 15) is 4.79 Å². The zero-order chi connectivity index (χ0) is 17.9. The molecule has 0 radical (unpaired) electrons. The number of ether oxygens (including phenoxy) is 1. The third kappa shape index (κ3) is 4.39. The first-order valence-corrected chi connectivity index (χ1v) is 9.63. The number of nitrogens with one attached hydrogen (secondary N) is 1. The monoisotopic (exact) mass is 345 g/mol. The molecule has 2 aliphatic rings. The van der Waals surface area contributed by atoms with Gasteiger partial charge in [0.1, 0.15) is 5.82 Å². The van der Waals surface area contributed by atoms with E-state index in [0.29, 0.717) is 0 Å². The number of carbonyl (C=O) groups is 1. The Balaban J connectivity index is 1.84. The van der Waals surface area contributed by atoms with Crippen molar-refractivity contribution >= 4 is 11.7 Å². The molecule has 5 nitrogen and oxygen atoms in total. The molecule has 0 aromatic carbocycles. The fourth-order valence-corrected chi connectivity index (χ4v) is 3.44. The lowest BCUT2D eigenvalue weighted by Crippen LogP contribution is -2.36. The highest BCUT2D eigenvalue weighted by Crippen LogP contribution is 2.28. The van der Waals surface area contributed by atoms with Gasteiger partial charge in [0.05, 0.1) is 13.2 Å². The molecule has 1 aliphatic heterocycles. The first-order valence-electron chi connectivity index (χ1n) is 9.63. The maximum absolute atomic E-state index is 12.6. The second kappa shape index (κ2) is 7.83. The first-order chi connectivity index (χ1) is 12.0. The van der Waals surface area contributed by atoms with Gasteiger partial charge in [0, 0.05) is 30.7 Å². The largest absolute Gasteiger partial charge is 0.379 e. The van der Waals surface area contributed by atoms with Crippen LogP contribution < -0.4 is 5.32 Å². The summed E-state index contributed by atoms with van der Waals surface area (Å²) in [7, 11) is 0. The van der Waals surface area contributed by atoms with Crippen LogP contribution in [0, 0.1) is 5.41 Å². The summed E-state index contributed by atoms with van der Waals surface area (Å²) in [6, 6.07) is 2.10. The van der Waals surface area contributed by atoms with Crippen LogP contribution in [0.1, 0.15) is 56.9 Å². The van der Waals surface area contributed by atoms with Crippen LogP contribution in [-0.2, 0) is 28.9 Å². The van der Waals surface area contributed by atoms with E-state index in [1.807, 2.05) is 20.8 Å². The molecule has 0 saturated carbocycles. The molecular weight excluding hydrogens is 314 g/mol. The van der Waals surface area contributed by atoms with E-state index in [0.717, 1.165) is 57.9 Å². The molecule has 3 rings (SSSR count). The summed E-state index contributed by atoms with van der Waals surface area (Å²) >= 11 is 0. The Morgan fingerprint density at radius 1 is 1.28 bits per heavy atom. The molecule has 0 unspecified atom stereocenters. The number of morpholine rings is 1. The molecule has 1 aromatic heterocycles. The quantitative estimate of drug-likeness (QED) is 0.890. The Kier molecular flexibility index (Phi) is 5.74. The van der Waals surface area contributed by atoms with Gasteiger partial charge in [-0.2, -0.15) is 0 Å². The smallest absolute Gasteiger partial charge is 0.231 e. The maximum atomic E-state index is 12.6. The van der Waals surface area contributed by atoms with Crippen molar-refractivity contribution in [2.24, 2.45) is 5.41 Å². The summed E-state index contributed by atoms with van der Waals surface area (Å²) in [4.78, 5) is 19.8. The second-order valence-electron chi connectivity index (χ2n) is 7.88. The highest BCUT2D eigenvalue weighted by Gasteiger charge is 2.26.